The van der Waals surface area contributed by atoms with Crippen LogP contribution in [0.4, 0.5) is 0 Å². The molecule has 0 unspecified atom stereocenters. The van der Waals surface area contributed by atoms with E-state index >= 15 is 0 Å². The van der Waals surface area contributed by atoms with E-state index < -0.39 is 0 Å². The molecular weight excluding hydrogens is 178 g/mol. The number of carbonyl (C=O) groups is 1. The van der Waals surface area contributed by atoms with Gasteiger partial charge in [0.05, 0.1) is 7.11 Å². The number of rotatable bonds is 8. The van der Waals surface area contributed by atoms with Crippen molar-refractivity contribution in [3.05, 3.63) is 0 Å². The summed E-state index contributed by atoms with van der Waals surface area (Å²) < 4.78 is 4.55. The molecule has 0 N–H and O–H groups in total. The molecule has 0 aromatic heterocycles. The van der Waals surface area contributed by atoms with E-state index in [1.54, 1.807) is 7.05 Å². The lowest BCUT2D eigenvalue weighted by Crippen LogP contribution is -1.99. The molecular formula is C11H21NO2. The Balaban J connectivity index is 3.02. The highest BCUT2D eigenvalue weighted by Crippen LogP contribution is 2.06. The second kappa shape index (κ2) is 10.2. The molecule has 0 atom stereocenters. The summed E-state index contributed by atoms with van der Waals surface area (Å²) in [5.41, 5.74) is 0. The van der Waals surface area contributed by atoms with Crippen LogP contribution in [0.3, 0.4) is 0 Å². The third-order valence-electron chi connectivity index (χ3n) is 2.12. The molecule has 0 aromatic rings. The normalized spacial score (nSPS) is 10.7. The summed E-state index contributed by atoms with van der Waals surface area (Å²) in [5, 5.41) is 0. The van der Waals surface area contributed by atoms with Gasteiger partial charge in [0, 0.05) is 13.5 Å². The van der Waals surface area contributed by atoms with E-state index in [1.807, 2.05) is 6.21 Å². The Morgan fingerprint density at radius 3 is 2.50 bits per heavy atom. The molecule has 0 rings (SSSR count). The minimum absolute atomic E-state index is 0.0943. The molecule has 82 valence electrons. The lowest BCUT2D eigenvalue weighted by atomic mass is 10.1. The average Bonchev–Trinajstić information content (AvgIpc) is 2.21. The minimum Gasteiger partial charge on any atom is -0.469 e. The first kappa shape index (κ1) is 13.1. The molecule has 0 amide bonds. The van der Waals surface area contributed by atoms with E-state index in [0.717, 1.165) is 19.3 Å². The summed E-state index contributed by atoms with van der Waals surface area (Å²) >= 11 is 0. The third kappa shape index (κ3) is 9.23. The molecule has 0 bridgehead atoms. The van der Waals surface area contributed by atoms with Crippen molar-refractivity contribution in [2.45, 2.75) is 44.9 Å². The first-order valence-corrected chi connectivity index (χ1v) is 5.28. The number of esters is 1. The van der Waals surface area contributed by atoms with E-state index in [2.05, 4.69) is 9.73 Å². The molecule has 0 aliphatic rings. The first-order chi connectivity index (χ1) is 6.81. The number of hydrogen-bond acceptors (Lipinski definition) is 3. The number of carbonyl (C=O) groups excluding carboxylic acids is 1. The first-order valence-electron chi connectivity index (χ1n) is 5.28. The second-order valence-electron chi connectivity index (χ2n) is 3.32. The Bertz CT molecular complexity index is 167. The van der Waals surface area contributed by atoms with Gasteiger partial charge in [0.15, 0.2) is 0 Å². The Labute approximate surface area is 86.6 Å². The Morgan fingerprint density at radius 2 is 1.86 bits per heavy atom. The number of hydrogen-bond donors (Lipinski definition) is 0. The van der Waals surface area contributed by atoms with Gasteiger partial charge in [0.25, 0.3) is 0 Å². The smallest absolute Gasteiger partial charge is 0.305 e. The van der Waals surface area contributed by atoms with Crippen molar-refractivity contribution >= 4 is 12.2 Å². The summed E-state index contributed by atoms with van der Waals surface area (Å²) in [4.78, 5) is 14.7. The number of aliphatic imine (C=N–C) groups is 1. The lowest BCUT2D eigenvalue weighted by Gasteiger charge is -1.99. The summed E-state index contributed by atoms with van der Waals surface area (Å²) in [6.07, 6.45) is 9.30. The molecule has 0 fully saturated rings. The predicted octanol–water partition coefficient (Wildman–Crippen LogP) is 2.59. The van der Waals surface area contributed by atoms with E-state index in [9.17, 15) is 4.79 Å². The van der Waals surface area contributed by atoms with Crippen molar-refractivity contribution in [2.24, 2.45) is 4.99 Å². The molecule has 0 radical (unpaired) electrons. The number of ether oxygens (including phenoxy) is 1. The fourth-order valence-electron chi connectivity index (χ4n) is 1.27. The molecule has 14 heavy (non-hydrogen) atoms. The fraction of sp³-hybridized carbons (Fsp3) is 0.818. The predicted molar refractivity (Wildman–Crippen MR) is 58.8 cm³/mol. The molecule has 0 saturated carbocycles. The largest absolute Gasteiger partial charge is 0.469 e. The van der Waals surface area contributed by atoms with Gasteiger partial charge in [-0.3, -0.25) is 4.79 Å². The van der Waals surface area contributed by atoms with Gasteiger partial charge < -0.3 is 9.73 Å². The lowest BCUT2D eigenvalue weighted by molar-refractivity contribution is -0.140. The summed E-state index contributed by atoms with van der Waals surface area (Å²) in [5.74, 6) is -0.0943. The fourth-order valence-corrected chi connectivity index (χ4v) is 1.27. The van der Waals surface area contributed by atoms with E-state index in [-0.39, 0.29) is 5.97 Å². The summed E-state index contributed by atoms with van der Waals surface area (Å²) in [6.45, 7) is 0. The molecule has 0 aromatic carbocycles. The van der Waals surface area contributed by atoms with Crippen molar-refractivity contribution in [2.75, 3.05) is 14.2 Å². The maximum atomic E-state index is 10.7. The van der Waals surface area contributed by atoms with Crippen LogP contribution in [0.15, 0.2) is 4.99 Å². The molecule has 0 spiro atoms. The zero-order chi connectivity index (χ0) is 10.6. The molecule has 0 saturated heterocycles. The van der Waals surface area contributed by atoms with E-state index in [4.69, 9.17) is 0 Å². The van der Waals surface area contributed by atoms with Crippen LogP contribution in [0, 0.1) is 0 Å². The van der Waals surface area contributed by atoms with Crippen molar-refractivity contribution < 1.29 is 9.53 Å². The Kier molecular flexibility index (Phi) is 9.59. The zero-order valence-electron chi connectivity index (χ0n) is 9.29. The van der Waals surface area contributed by atoms with Gasteiger partial charge in [0.1, 0.15) is 0 Å². The maximum absolute atomic E-state index is 10.7. The van der Waals surface area contributed by atoms with Gasteiger partial charge in [-0.25, -0.2) is 0 Å². The van der Waals surface area contributed by atoms with Crippen molar-refractivity contribution in [1.29, 1.82) is 0 Å². The third-order valence-corrected chi connectivity index (χ3v) is 2.12. The van der Waals surface area contributed by atoms with E-state index in [1.165, 1.54) is 26.4 Å². The van der Waals surface area contributed by atoms with Crippen LogP contribution >= 0.6 is 0 Å². The highest BCUT2D eigenvalue weighted by Gasteiger charge is 1.98. The average molecular weight is 199 g/mol. The topological polar surface area (TPSA) is 38.7 Å². The van der Waals surface area contributed by atoms with Crippen LogP contribution in [0.5, 0.6) is 0 Å². The number of unbranched alkanes of at least 4 members (excludes halogenated alkanes) is 5. The maximum Gasteiger partial charge on any atom is 0.305 e. The highest BCUT2D eigenvalue weighted by atomic mass is 16.5. The van der Waals surface area contributed by atoms with Gasteiger partial charge in [0.2, 0.25) is 0 Å². The zero-order valence-corrected chi connectivity index (χ0v) is 9.29. The molecule has 0 heterocycles. The highest BCUT2D eigenvalue weighted by molar-refractivity contribution is 5.68. The van der Waals surface area contributed by atoms with Gasteiger partial charge in [-0.1, -0.05) is 19.3 Å². The van der Waals surface area contributed by atoms with Crippen LogP contribution < -0.4 is 0 Å². The number of nitrogens with zero attached hydrogens (tertiary/aromatic N) is 1. The molecule has 0 aliphatic heterocycles. The van der Waals surface area contributed by atoms with Crippen LogP contribution in [-0.2, 0) is 9.53 Å². The monoisotopic (exact) mass is 199 g/mol. The van der Waals surface area contributed by atoms with Crippen molar-refractivity contribution in [3.8, 4) is 0 Å². The quantitative estimate of drug-likeness (QED) is 0.342. The Hall–Kier alpha value is -0.860. The Morgan fingerprint density at radius 1 is 1.21 bits per heavy atom. The molecule has 0 aliphatic carbocycles. The van der Waals surface area contributed by atoms with Crippen molar-refractivity contribution in [3.63, 3.8) is 0 Å². The summed E-state index contributed by atoms with van der Waals surface area (Å²) in [7, 11) is 3.24. The van der Waals surface area contributed by atoms with Gasteiger partial charge >= 0.3 is 5.97 Å². The van der Waals surface area contributed by atoms with Crippen LogP contribution in [0.25, 0.3) is 0 Å². The SMILES string of the molecule is C/N=C/CCCCCCCC(=O)OC. The van der Waals surface area contributed by atoms with E-state index in [0.29, 0.717) is 6.42 Å². The molecule has 3 nitrogen and oxygen atoms in total. The van der Waals surface area contributed by atoms with Gasteiger partial charge in [-0.2, -0.15) is 0 Å². The van der Waals surface area contributed by atoms with Gasteiger partial charge in [-0.15, -0.1) is 0 Å². The number of methoxy groups -OCH3 is 1. The standard InChI is InChI=1S/C11H21NO2/c1-12-10-8-6-4-3-5-7-9-11(13)14-2/h10H,3-9H2,1-2H3/b12-10+. The van der Waals surface area contributed by atoms with Crippen LogP contribution in [0.1, 0.15) is 44.9 Å². The molecule has 3 heteroatoms. The van der Waals surface area contributed by atoms with Crippen LogP contribution in [0.2, 0.25) is 0 Å². The second-order valence-corrected chi connectivity index (χ2v) is 3.32. The van der Waals surface area contributed by atoms with Gasteiger partial charge in [-0.05, 0) is 25.5 Å². The van der Waals surface area contributed by atoms with Crippen LogP contribution in [-0.4, -0.2) is 26.3 Å². The minimum atomic E-state index is -0.0943. The summed E-state index contributed by atoms with van der Waals surface area (Å²) in [6, 6.07) is 0. The van der Waals surface area contributed by atoms with Crippen molar-refractivity contribution in [1.82, 2.24) is 0 Å².